The molecule has 0 aliphatic carbocycles. The number of unbranched alkanes of at least 4 members (excludes halogenated alkanes) is 2. The lowest BCUT2D eigenvalue weighted by atomic mass is 9.71. The summed E-state index contributed by atoms with van der Waals surface area (Å²) in [4.78, 5) is 22.3. The minimum absolute atomic E-state index is 0.0947. The first kappa shape index (κ1) is 15.4. The minimum atomic E-state index is -1.80. The van der Waals surface area contributed by atoms with Crippen molar-refractivity contribution in [3.8, 4) is 6.07 Å². The van der Waals surface area contributed by atoms with E-state index in [-0.39, 0.29) is 12.8 Å². The van der Waals surface area contributed by atoms with Crippen molar-refractivity contribution in [3.05, 3.63) is 0 Å². The molecule has 0 aromatic rings. The van der Waals surface area contributed by atoms with Crippen LogP contribution in [0.4, 0.5) is 0 Å². The van der Waals surface area contributed by atoms with E-state index in [4.69, 9.17) is 10.4 Å². The maximum Gasteiger partial charge on any atom is 0.324 e. The van der Waals surface area contributed by atoms with E-state index >= 15 is 0 Å². The number of aliphatic carboxylic acids is 2. The Morgan fingerprint density at radius 3 is 2.18 bits per heavy atom. The first-order valence-electron chi connectivity index (χ1n) is 5.83. The highest BCUT2D eigenvalue weighted by Gasteiger charge is 2.48. The third kappa shape index (κ3) is 3.45. The number of carboxylic acids is 2. The van der Waals surface area contributed by atoms with Crippen LogP contribution in [0.15, 0.2) is 0 Å². The number of carboxylic acid groups (broad SMARTS) is 2. The standard InChI is InChI=1S/C12H19NO4/c1-3-5-6-7-12(8-13,11(16)17)9(4-2)10(14)15/h9H,3-7H2,1-2H3,(H,14,15)(H,16,17). The van der Waals surface area contributed by atoms with Gasteiger partial charge in [-0.3, -0.25) is 9.59 Å². The third-order valence-corrected chi connectivity index (χ3v) is 3.06. The lowest BCUT2D eigenvalue weighted by Crippen LogP contribution is -2.41. The number of nitrogens with zero attached hydrogens (tertiary/aromatic N) is 1. The smallest absolute Gasteiger partial charge is 0.324 e. The first-order chi connectivity index (χ1) is 7.96. The molecule has 0 aliphatic rings. The molecule has 0 spiro atoms. The molecule has 2 atom stereocenters. The van der Waals surface area contributed by atoms with Gasteiger partial charge in [0.2, 0.25) is 0 Å². The molecule has 0 radical (unpaired) electrons. The molecule has 96 valence electrons. The Kier molecular flexibility index (Phi) is 6.26. The quantitative estimate of drug-likeness (QED) is 0.635. The van der Waals surface area contributed by atoms with Crippen LogP contribution in [0.5, 0.6) is 0 Å². The van der Waals surface area contributed by atoms with Crippen molar-refractivity contribution in [2.75, 3.05) is 0 Å². The fraction of sp³-hybridized carbons (Fsp3) is 0.750. The van der Waals surface area contributed by atoms with E-state index in [1.54, 1.807) is 13.0 Å². The molecule has 0 aromatic heterocycles. The Morgan fingerprint density at radius 1 is 1.29 bits per heavy atom. The summed E-state index contributed by atoms with van der Waals surface area (Å²) in [6, 6.07) is 1.73. The molecular weight excluding hydrogens is 222 g/mol. The van der Waals surface area contributed by atoms with Crippen molar-refractivity contribution >= 4 is 11.9 Å². The predicted molar refractivity (Wildman–Crippen MR) is 61.2 cm³/mol. The predicted octanol–water partition coefficient (Wildman–Crippen LogP) is 2.27. The summed E-state index contributed by atoms with van der Waals surface area (Å²) in [6.07, 6.45) is 2.48. The normalized spacial score (nSPS) is 15.6. The van der Waals surface area contributed by atoms with Gasteiger partial charge in [0.1, 0.15) is 0 Å². The number of carbonyl (C=O) groups is 2. The zero-order chi connectivity index (χ0) is 13.5. The summed E-state index contributed by atoms with van der Waals surface area (Å²) in [7, 11) is 0. The van der Waals surface area contributed by atoms with Crippen molar-refractivity contribution in [2.24, 2.45) is 11.3 Å². The first-order valence-corrected chi connectivity index (χ1v) is 5.83. The summed E-state index contributed by atoms with van der Waals surface area (Å²) in [6.45, 7) is 3.55. The van der Waals surface area contributed by atoms with Gasteiger partial charge in [0.05, 0.1) is 12.0 Å². The molecule has 2 N–H and O–H groups in total. The average molecular weight is 241 g/mol. The highest BCUT2D eigenvalue weighted by molar-refractivity contribution is 5.86. The summed E-state index contributed by atoms with van der Waals surface area (Å²) in [5, 5.41) is 27.3. The monoisotopic (exact) mass is 241 g/mol. The van der Waals surface area contributed by atoms with Gasteiger partial charge < -0.3 is 10.2 Å². The molecule has 0 saturated heterocycles. The van der Waals surface area contributed by atoms with Gasteiger partial charge in [-0.15, -0.1) is 0 Å². The van der Waals surface area contributed by atoms with Gasteiger partial charge in [-0.1, -0.05) is 33.1 Å². The van der Waals surface area contributed by atoms with E-state index in [1.807, 2.05) is 6.92 Å². The van der Waals surface area contributed by atoms with E-state index in [0.717, 1.165) is 12.8 Å². The molecule has 0 bridgehead atoms. The van der Waals surface area contributed by atoms with Gasteiger partial charge >= 0.3 is 11.9 Å². The van der Waals surface area contributed by atoms with Crippen LogP contribution in [0.25, 0.3) is 0 Å². The van der Waals surface area contributed by atoms with Crippen molar-refractivity contribution in [2.45, 2.75) is 46.0 Å². The number of hydrogen-bond acceptors (Lipinski definition) is 3. The third-order valence-electron chi connectivity index (χ3n) is 3.06. The summed E-state index contributed by atoms with van der Waals surface area (Å²) < 4.78 is 0. The Bertz CT molecular complexity index is 321. The molecule has 0 rings (SSSR count). The molecule has 17 heavy (non-hydrogen) atoms. The average Bonchev–Trinajstić information content (AvgIpc) is 2.27. The second kappa shape index (κ2) is 6.89. The van der Waals surface area contributed by atoms with Gasteiger partial charge in [-0.05, 0) is 12.8 Å². The van der Waals surface area contributed by atoms with E-state index in [9.17, 15) is 14.7 Å². The zero-order valence-electron chi connectivity index (χ0n) is 10.3. The molecule has 0 aromatic carbocycles. The van der Waals surface area contributed by atoms with Crippen LogP contribution in [-0.2, 0) is 9.59 Å². The molecule has 0 fully saturated rings. The van der Waals surface area contributed by atoms with Crippen molar-refractivity contribution in [1.82, 2.24) is 0 Å². The largest absolute Gasteiger partial charge is 0.481 e. The second-order valence-electron chi connectivity index (χ2n) is 4.14. The lowest BCUT2D eigenvalue weighted by Gasteiger charge is -2.27. The van der Waals surface area contributed by atoms with Gasteiger partial charge in [-0.2, -0.15) is 5.26 Å². The van der Waals surface area contributed by atoms with Crippen molar-refractivity contribution in [3.63, 3.8) is 0 Å². The number of rotatable bonds is 8. The Balaban J connectivity index is 5.14. The maximum atomic E-state index is 11.3. The Hall–Kier alpha value is -1.57. The van der Waals surface area contributed by atoms with Crippen molar-refractivity contribution < 1.29 is 19.8 Å². The van der Waals surface area contributed by atoms with E-state index in [2.05, 4.69) is 0 Å². The number of nitriles is 1. The zero-order valence-corrected chi connectivity index (χ0v) is 10.3. The molecule has 2 unspecified atom stereocenters. The van der Waals surface area contributed by atoms with E-state index in [0.29, 0.717) is 6.42 Å². The maximum absolute atomic E-state index is 11.3. The van der Waals surface area contributed by atoms with E-state index in [1.165, 1.54) is 0 Å². The van der Waals surface area contributed by atoms with Crippen LogP contribution in [0.2, 0.25) is 0 Å². The van der Waals surface area contributed by atoms with Crippen LogP contribution in [-0.4, -0.2) is 22.2 Å². The molecule has 0 aliphatic heterocycles. The molecule has 0 heterocycles. The molecule has 0 saturated carbocycles. The summed E-state index contributed by atoms with van der Waals surface area (Å²) in [5.41, 5.74) is -1.80. The molecule has 5 heteroatoms. The lowest BCUT2D eigenvalue weighted by molar-refractivity contribution is -0.159. The Labute approximate surface area is 101 Å². The van der Waals surface area contributed by atoms with Crippen LogP contribution < -0.4 is 0 Å². The van der Waals surface area contributed by atoms with Crippen molar-refractivity contribution in [1.29, 1.82) is 5.26 Å². The van der Waals surface area contributed by atoms with E-state index < -0.39 is 23.3 Å². The van der Waals surface area contributed by atoms with Crippen LogP contribution in [0, 0.1) is 22.7 Å². The van der Waals surface area contributed by atoms with Crippen LogP contribution >= 0.6 is 0 Å². The molecular formula is C12H19NO4. The summed E-state index contributed by atoms with van der Waals surface area (Å²) >= 11 is 0. The molecule has 0 amide bonds. The van der Waals surface area contributed by atoms with Gasteiger partial charge in [0.15, 0.2) is 5.41 Å². The Morgan fingerprint density at radius 2 is 1.88 bits per heavy atom. The van der Waals surface area contributed by atoms with Gasteiger partial charge in [0.25, 0.3) is 0 Å². The van der Waals surface area contributed by atoms with Crippen LogP contribution in [0.1, 0.15) is 46.0 Å². The van der Waals surface area contributed by atoms with Gasteiger partial charge in [0, 0.05) is 0 Å². The summed E-state index contributed by atoms with van der Waals surface area (Å²) in [5.74, 6) is -3.69. The molecule has 5 nitrogen and oxygen atoms in total. The topological polar surface area (TPSA) is 98.4 Å². The highest BCUT2D eigenvalue weighted by Crippen LogP contribution is 2.36. The van der Waals surface area contributed by atoms with Crippen LogP contribution in [0.3, 0.4) is 0 Å². The highest BCUT2D eigenvalue weighted by atomic mass is 16.4. The minimum Gasteiger partial charge on any atom is -0.481 e. The number of hydrogen-bond donors (Lipinski definition) is 2. The van der Waals surface area contributed by atoms with Gasteiger partial charge in [-0.25, -0.2) is 0 Å². The fourth-order valence-electron chi connectivity index (χ4n) is 2.00. The fourth-order valence-corrected chi connectivity index (χ4v) is 2.00. The second-order valence-corrected chi connectivity index (χ2v) is 4.14. The SMILES string of the molecule is CCCCCC(C#N)(C(=O)O)C(CC)C(=O)O.